The second-order valence-electron chi connectivity index (χ2n) is 5.47. The van der Waals surface area contributed by atoms with Crippen molar-refractivity contribution in [2.45, 2.75) is 26.2 Å². The Labute approximate surface area is 117 Å². The van der Waals surface area contributed by atoms with Gasteiger partial charge in [-0.25, -0.2) is 0 Å². The van der Waals surface area contributed by atoms with Crippen molar-refractivity contribution in [2.24, 2.45) is 17.8 Å². The number of carbonyl (C=O) groups is 1. The van der Waals surface area contributed by atoms with Gasteiger partial charge >= 0.3 is 0 Å². The van der Waals surface area contributed by atoms with E-state index in [4.69, 9.17) is 23.2 Å². The fourth-order valence-electron chi connectivity index (χ4n) is 2.93. The van der Waals surface area contributed by atoms with Crippen LogP contribution in [-0.4, -0.2) is 5.91 Å². The van der Waals surface area contributed by atoms with Crippen LogP contribution in [0.5, 0.6) is 0 Å². The van der Waals surface area contributed by atoms with Gasteiger partial charge in [0.15, 0.2) is 0 Å². The van der Waals surface area contributed by atoms with E-state index in [1.807, 2.05) is 13.0 Å². The maximum absolute atomic E-state index is 12.2. The van der Waals surface area contributed by atoms with E-state index in [1.165, 1.54) is 6.42 Å². The van der Waals surface area contributed by atoms with Crippen molar-refractivity contribution in [1.82, 2.24) is 0 Å². The highest BCUT2D eigenvalue weighted by Crippen LogP contribution is 2.54. The van der Waals surface area contributed by atoms with Gasteiger partial charge in [0.05, 0.1) is 15.7 Å². The van der Waals surface area contributed by atoms with E-state index in [0.717, 1.165) is 30.2 Å². The monoisotopic (exact) mass is 283 g/mol. The maximum atomic E-state index is 12.2. The molecule has 1 amide bonds. The molecule has 2 atom stereocenters. The van der Waals surface area contributed by atoms with Crippen LogP contribution in [0.25, 0.3) is 0 Å². The number of anilines is 1. The zero-order valence-electron chi connectivity index (χ0n) is 10.2. The molecule has 2 aliphatic carbocycles. The molecule has 1 N–H and O–H groups in total. The van der Waals surface area contributed by atoms with Crippen molar-refractivity contribution in [3.05, 3.63) is 27.7 Å². The lowest BCUT2D eigenvalue weighted by atomic mass is 10.0. The van der Waals surface area contributed by atoms with Gasteiger partial charge in [-0.1, -0.05) is 29.3 Å². The molecular weight excluding hydrogens is 269 g/mol. The van der Waals surface area contributed by atoms with Gasteiger partial charge in [0.25, 0.3) is 0 Å². The van der Waals surface area contributed by atoms with Gasteiger partial charge in [-0.15, -0.1) is 0 Å². The number of aryl methyl sites for hydroxylation is 1. The van der Waals surface area contributed by atoms with E-state index >= 15 is 0 Å². The van der Waals surface area contributed by atoms with E-state index in [9.17, 15) is 4.79 Å². The van der Waals surface area contributed by atoms with Crippen molar-refractivity contribution < 1.29 is 4.79 Å². The lowest BCUT2D eigenvalue weighted by molar-refractivity contribution is -0.120. The van der Waals surface area contributed by atoms with Crippen molar-refractivity contribution in [3.63, 3.8) is 0 Å². The molecular formula is C14H15Cl2NO. The molecule has 0 bridgehead atoms. The molecule has 0 heterocycles. The fraction of sp³-hybridized carbons (Fsp3) is 0.500. The largest absolute Gasteiger partial charge is 0.323 e. The Morgan fingerprint density at radius 1 is 1.22 bits per heavy atom. The highest BCUT2D eigenvalue weighted by molar-refractivity contribution is 6.40. The first-order chi connectivity index (χ1) is 8.56. The molecule has 2 saturated carbocycles. The minimum absolute atomic E-state index is 0.0663. The van der Waals surface area contributed by atoms with Crippen LogP contribution >= 0.6 is 23.2 Å². The van der Waals surface area contributed by atoms with Crippen LogP contribution in [0.4, 0.5) is 5.69 Å². The molecule has 0 aliphatic heterocycles. The van der Waals surface area contributed by atoms with E-state index in [0.29, 0.717) is 15.7 Å². The SMILES string of the molecule is Cc1ccc(Cl)c(NC(=O)C2CC3CC3C2)c1Cl. The predicted octanol–water partition coefficient (Wildman–Crippen LogP) is 4.29. The molecule has 3 rings (SSSR count). The summed E-state index contributed by atoms with van der Waals surface area (Å²) in [7, 11) is 0. The number of amides is 1. The average molecular weight is 284 g/mol. The number of nitrogens with one attached hydrogen (secondary N) is 1. The van der Waals surface area contributed by atoms with Crippen molar-refractivity contribution in [1.29, 1.82) is 0 Å². The van der Waals surface area contributed by atoms with Gasteiger partial charge in [0, 0.05) is 5.92 Å². The Bertz CT molecular complexity index is 505. The Morgan fingerprint density at radius 3 is 2.56 bits per heavy atom. The molecule has 0 spiro atoms. The predicted molar refractivity (Wildman–Crippen MR) is 74.1 cm³/mol. The van der Waals surface area contributed by atoms with Gasteiger partial charge in [0.1, 0.15) is 0 Å². The summed E-state index contributed by atoms with van der Waals surface area (Å²) in [6.45, 7) is 1.90. The van der Waals surface area contributed by atoms with Crippen LogP contribution in [0.3, 0.4) is 0 Å². The van der Waals surface area contributed by atoms with E-state index < -0.39 is 0 Å². The van der Waals surface area contributed by atoms with Crippen molar-refractivity contribution >= 4 is 34.8 Å². The molecule has 2 fully saturated rings. The molecule has 1 aromatic carbocycles. The average Bonchev–Trinajstić information content (AvgIpc) is 2.96. The quantitative estimate of drug-likeness (QED) is 0.862. The molecule has 1 aromatic rings. The minimum atomic E-state index is 0.0663. The third-order valence-electron chi connectivity index (χ3n) is 4.15. The van der Waals surface area contributed by atoms with Gasteiger partial charge in [-0.2, -0.15) is 0 Å². The Kier molecular flexibility index (Phi) is 3.03. The Balaban J connectivity index is 1.76. The van der Waals surface area contributed by atoms with E-state index in [-0.39, 0.29) is 11.8 Å². The van der Waals surface area contributed by atoms with Crippen LogP contribution in [0.1, 0.15) is 24.8 Å². The zero-order valence-corrected chi connectivity index (χ0v) is 11.7. The number of benzene rings is 1. The minimum Gasteiger partial charge on any atom is -0.323 e. The summed E-state index contributed by atoms with van der Waals surface area (Å²) in [6.07, 6.45) is 3.37. The highest BCUT2D eigenvalue weighted by atomic mass is 35.5. The van der Waals surface area contributed by atoms with Crippen molar-refractivity contribution in [2.75, 3.05) is 5.32 Å². The molecule has 4 heteroatoms. The first-order valence-corrected chi connectivity index (χ1v) is 7.07. The summed E-state index contributed by atoms with van der Waals surface area (Å²) in [6, 6.07) is 3.62. The number of hydrogen-bond acceptors (Lipinski definition) is 1. The van der Waals surface area contributed by atoms with E-state index in [1.54, 1.807) is 6.07 Å². The van der Waals surface area contributed by atoms with Crippen molar-refractivity contribution in [3.8, 4) is 0 Å². The molecule has 2 nitrogen and oxygen atoms in total. The van der Waals surface area contributed by atoms with Gasteiger partial charge in [0.2, 0.25) is 5.91 Å². The lowest BCUT2D eigenvalue weighted by Crippen LogP contribution is -2.22. The summed E-state index contributed by atoms with van der Waals surface area (Å²) < 4.78 is 0. The first-order valence-electron chi connectivity index (χ1n) is 6.31. The van der Waals surface area contributed by atoms with Crippen LogP contribution in [0.15, 0.2) is 12.1 Å². The fourth-order valence-corrected chi connectivity index (χ4v) is 3.39. The molecule has 0 saturated heterocycles. The molecule has 0 aromatic heterocycles. The summed E-state index contributed by atoms with van der Waals surface area (Å²) >= 11 is 12.3. The molecule has 96 valence electrons. The Morgan fingerprint density at radius 2 is 1.89 bits per heavy atom. The van der Waals surface area contributed by atoms with Crippen LogP contribution < -0.4 is 5.32 Å². The molecule has 2 unspecified atom stereocenters. The number of carbonyl (C=O) groups excluding carboxylic acids is 1. The zero-order chi connectivity index (χ0) is 12.9. The molecule has 18 heavy (non-hydrogen) atoms. The molecule has 2 aliphatic rings. The summed E-state index contributed by atoms with van der Waals surface area (Å²) in [5, 5.41) is 3.94. The topological polar surface area (TPSA) is 29.1 Å². The third kappa shape index (κ3) is 2.12. The number of rotatable bonds is 2. The van der Waals surface area contributed by atoms with Gasteiger partial charge in [-0.05, 0) is 49.7 Å². The second-order valence-corrected chi connectivity index (χ2v) is 6.25. The normalized spacial score (nSPS) is 28.9. The van der Waals surface area contributed by atoms with Gasteiger partial charge in [-0.3, -0.25) is 4.79 Å². The lowest BCUT2D eigenvalue weighted by Gasteiger charge is -2.15. The van der Waals surface area contributed by atoms with Crippen LogP contribution in [-0.2, 0) is 4.79 Å². The summed E-state index contributed by atoms with van der Waals surface area (Å²) in [5.41, 5.74) is 1.48. The number of fused-ring (bicyclic) bond motifs is 1. The smallest absolute Gasteiger partial charge is 0.227 e. The highest BCUT2D eigenvalue weighted by Gasteiger charge is 2.48. The summed E-state index contributed by atoms with van der Waals surface area (Å²) in [5.74, 6) is 1.80. The summed E-state index contributed by atoms with van der Waals surface area (Å²) in [4.78, 5) is 12.2. The van der Waals surface area contributed by atoms with Crippen LogP contribution in [0.2, 0.25) is 10.0 Å². The second kappa shape index (κ2) is 4.43. The number of hydrogen-bond donors (Lipinski definition) is 1. The maximum Gasteiger partial charge on any atom is 0.227 e. The standard InChI is InChI=1S/C14H15Cl2NO/c1-7-2-3-11(15)13(12(7)16)17-14(18)10-5-8-4-9(8)6-10/h2-3,8-10H,4-6H2,1H3,(H,17,18). The molecule has 0 radical (unpaired) electrons. The Hall–Kier alpha value is -0.730. The third-order valence-corrected chi connectivity index (χ3v) is 4.95. The van der Waals surface area contributed by atoms with Gasteiger partial charge < -0.3 is 5.32 Å². The van der Waals surface area contributed by atoms with E-state index in [2.05, 4.69) is 5.32 Å². The first kappa shape index (κ1) is 12.3. The van der Waals surface area contributed by atoms with Crippen LogP contribution in [0, 0.1) is 24.7 Å². The number of halogens is 2.